The number of carbonyl (C=O) groups is 1. The molecule has 0 unspecified atom stereocenters. The van der Waals surface area contributed by atoms with Gasteiger partial charge in [0.2, 0.25) is 0 Å². The minimum Gasteiger partial charge on any atom is -0.476 e. The van der Waals surface area contributed by atoms with E-state index in [0.29, 0.717) is 6.42 Å². The van der Waals surface area contributed by atoms with Crippen molar-refractivity contribution in [2.45, 2.75) is 10.6 Å². The van der Waals surface area contributed by atoms with Crippen LogP contribution in [0.3, 0.4) is 0 Å². The predicted molar refractivity (Wildman–Crippen MR) is 66.6 cm³/mol. The van der Waals surface area contributed by atoms with E-state index in [1.54, 1.807) is 6.20 Å². The van der Waals surface area contributed by atoms with E-state index in [-0.39, 0.29) is 10.8 Å². The number of carboxylic acid groups (broad SMARTS) is 1. The van der Waals surface area contributed by atoms with E-state index in [0.717, 1.165) is 17.0 Å². The molecule has 19 heavy (non-hydrogen) atoms. The topological polar surface area (TPSA) is 125 Å². The van der Waals surface area contributed by atoms with Crippen LogP contribution in [-0.4, -0.2) is 41.0 Å². The van der Waals surface area contributed by atoms with Crippen molar-refractivity contribution in [1.29, 1.82) is 0 Å². The van der Waals surface area contributed by atoms with Crippen molar-refractivity contribution in [3.63, 3.8) is 0 Å². The molecule has 2 aromatic rings. The molecule has 3 N–H and O–H groups in total. The number of nitrogens with one attached hydrogen (secondary N) is 2. The van der Waals surface area contributed by atoms with Crippen LogP contribution in [0.25, 0.3) is 0 Å². The molecule has 0 bridgehead atoms. The summed E-state index contributed by atoms with van der Waals surface area (Å²) in [6, 6.07) is 0. The molecule has 0 radical (unpaired) electrons. The van der Waals surface area contributed by atoms with Gasteiger partial charge in [-0.2, -0.15) is 0 Å². The van der Waals surface area contributed by atoms with Gasteiger partial charge >= 0.3 is 5.97 Å². The Morgan fingerprint density at radius 1 is 1.53 bits per heavy atom. The number of rotatable bonds is 6. The second-order valence-electron chi connectivity index (χ2n) is 3.52. The minimum absolute atomic E-state index is 0.140. The van der Waals surface area contributed by atoms with Gasteiger partial charge in [-0.15, -0.1) is 11.3 Å². The van der Waals surface area contributed by atoms with Crippen molar-refractivity contribution in [3.8, 4) is 0 Å². The van der Waals surface area contributed by atoms with Gasteiger partial charge in [0.25, 0.3) is 10.0 Å². The lowest BCUT2D eigenvalue weighted by Crippen LogP contribution is -2.26. The van der Waals surface area contributed by atoms with Crippen LogP contribution in [-0.2, 0) is 16.4 Å². The Morgan fingerprint density at radius 2 is 2.32 bits per heavy atom. The summed E-state index contributed by atoms with van der Waals surface area (Å²) in [7, 11) is -3.85. The van der Waals surface area contributed by atoms with Crippen LogP contribution in [0.4, 0.5) is 0 Å². The van der Waals surface area contributed by atoms with Crippen LogP contribution in [0.1, 0.15) is 16.2 Å². The number of carboxylic acids is 1. The second kappa shape index (κ2) is 5.47. The van der Waals surface area contributed by atoms with Crippen molar-refractivity contribution in [2.75, 3.05) is 6.54 Å². The fraction of sp³-hybridized carbons (Fsp3) is 0.222. The average Bonchev–Trinajstić information content (AvgIpc) is 2.99. The van der Waals surface area contributed by atoms with Gasteiger partial charge in [0.05, 0.1) is 11.8 Å². The maximum Gasteiger partial charge on any atom is 0.356 e. The molecule has 0 atom stereocenters. The largest absolute Gasteiger partial charge is 0.476 e. The molecule has 0 aliphatic heterocycles. The molecule has 2 rings (SSSR count). The Labute approximate surface area is 112 Å². The number of hydrogen-bond donors (Lipinski definition) is 3. The van der Waals surface area contributed by atoms with E-state index < -0.39 is 21.7 Å². The molecule has 0 aliphatic carbocycles. The van der Waals surface area contributed by atoms with Gasteiger partial charge in [-0.3, -0.25) is 0 Å². The van der Waals surface area contributed by atoms with Gasteiger partial charge in [0, 0.05) is 24.9 Å². The van der Waals surface area contributed by atoms with Gasteiger partial charge in [0.1, 0.15) is 0 Å². The van der Waals surface area contributed by atoms with E-state index in [9.17, 15) is 13.2 Å². The first kappa shape index (κ1) is 13.6. The molecular weight excluding hydrogens is 292 g/mol. The third-order valence-electron chi connectivity index (χ3n) is 2.22. The standard InChI is InChI=1S/C9H10N4O4S2/c14-8(15)7-9(18-5-12-7)19(16,17)13-2-1-6-3-10-4-11-6/h3-5,13H,1-2H2,(H,10,11)(H,14,15). The SMILES string of the molecule is O=C(O)c1ncsc1S(=O)(=O)NCCc1cnc[nH]1. The molecule has 2 aromatic heterocycles. The van der Waals surface area contributed by atoms with Gasteiger partial charge in [-0.1, -0.05) is 0 Å². The van der Waals surface area contributed by atoms with Crippen LogP contribution >= 0.6 is 11.3 Å². The molecule has 2 heterocycles. The number of aromatic nitrogens is 3. The number of aromatic amines is 1. The molecule has 0 saturated heterocycles. The number of sulfonamides is 1. The number of hydrogen-bond acceptors (Lipinski definition) is 6. The van der Waals surface area contributed by atoms with Gasteiger partial charge in [-0.05, 0) is 0 Å². The molecule has 10 heteroatoms. The predicted octanol–water partition coefficient (Wildman–Crippen LogP) is 0.0854. The summed E-state index contributed by atoms with van der Waals surface area (Å²) in [6.45, 7) is 0.140. The summed E-state index contributed by atoms with van der Waals surface area (Å²) in [4.78, 5) is 21.0. The van der Waals surface area contributed by atoms with Crippen molar-refractivity contribution in [1.82, 2.24) is 19.7 Å². The lowest BCUT2D eigenvalue weighted by Gasteiger charge is -2.04. The third kappa shape index (κ3) is 3.16. The smallest absolute Gasteiger partial charge is 0.356 e. The van der Waals surface area contributed by atoms with Crippen molar-refractivity contribution < 1.29 is 18.3 Å². The first-order chi connectivity index (χ1) is 9.00. The zero-order valence-corrected chi connectivity index (χ0v) is 11.2. The van der Waals surface area contributed by atoms with Gasteiger partial charge < -0.3 is 10.1 Å². The first-order valence-electron chi connectivity index (χ1n) is 5.14. The highest BCUT2D eigenvalue weighted by atomic mass is 32.2. The Balaban J connectivity index is 2.06. The summed E-state index contributed by atoms with van der Waals surface area (Å²) in [6.07, 6.45) is 3.51. The average molecular weight is 302 g/mol. The number of thiazole rings is 1. The van der Waals surface area contributed by atoms with Crippen LogP contribution in [0, 0.1) is 0 Å². The van der Waals surface area contributed by atoms with Crippen molar-refractivity contribution in [3.05, 3.63) is 29.4 Å². The number of nitrogens with zero attached hydrogens (tertiary/aromatic N) is 2. The number of aromatic carboxylic acids is 1. The van der Waals surface area contributed by atoms with Crippen LogP contribution in [0.15, 0.2) is 22.2 Å². The summed E-state index contributed by atoms with van der Waals surface area (Å²) < 4.78 is 25.9. The zero-order chi connectivity index (χ0) is 13.9. The Hall–Kier alpha value is -1.78. The number of imidazole rings is 1. The zero-order valence-electron chi connectivity index (χ0n) is 9.53. The van der Waals surface area contributed by atoms with Crippen LogP contribution in [0.5, 0.6) is 0 Å². The van der Waals surface area contributed by atoms with E-state index in [2.05, 4.69) is 19.7 Å². The molecule has 0 amide bonds. The van der Waals surface area contributed by atoms with Gasteiger partial charge in [0.15, 0.2) is 9.90 Å². The summed E-state index contributed by atoms with van der Waals surface area (Å²) in [5, 5.41) is 8.83. The Bertz CT molecular complexity index is 662. The molecule has 0 aromatic carbocycles. The fourth-order valence-electron chi connectivity index (χ4n) is 1.38. The maximum atomic E-state index is 11.9. The Kier molecular flexibility index (Phi) is 3.93. The maximum absolute atomic E-state index is 11.9. The highest BCUT2D eigenvalue weighted by molar-refractivity contribution is 7.91. The highest BCUT2D eigenvalue weighted by Gasteiger charge is 2.25. The molecule has 0 spiro atoms. The molecule has 0 fully saturated rings. The van der Waals surface area contributed by atoms with Crippen molar-refractivity contribution in [2.24, 2.45) is 0 Å². The van der Waals surface area contributed by atoms with E-state index in [1.807, 2.05) is 0 Å². The van der Waals surface area contributed by atoms with Crippen LogP contribution in [0.2, 0.25) is 0 Å². The van der Waals surface area contributed by atoms with Crippen LogP contribution < -0.4 is 4.72 Å². The normalized spacial score (nSPS) is 11.6. The quantitative estimate of drug-likeness (QED) is 0.694. The minimum atomic E-state index is -3.85. The van der Waals surface area contributed by atoms with E-state index in [1.165, 1.54) is 11.8 Å². The summed E-state index contributed by atoms with van der Waals surface area (Å²) in [5.41, 5.74) is 1.51. The lowest BCUT2D eigenvalue weighted by atomic mass is 10.3. The van der Waals surface area contributed by atoms with E-state index >= 15 is 0 Å². The van der Waals surface area contributed by atoms with Crippen molar-refractivity contribution >= 4 is 27.3 Å². The second-order valence-corrected chi connectivity index (χ2v) is 6.34. The lowest BCUT2D eigenvalue weighted by molar-refractivity contribution is 0.0687. The fourth-order valence-corrected chi connectivity index (χ4v) is 3.59. The molecule has 0 saturated carbocycles. The monoisotopic (exact) mass is 302 g/mol. The van der Waals surface area contributed by atoms with E-state index in [4.69, 9.17) is 5.11 Å². The molecule has 0 aliphatic rings. The highest BCUT2D eigenvalue weighted by Crippen LogP contribution is 2.19. The number of H-pyrrole nitrogens is 1. The Morgan fingerprint density at radius 3 is 2.95 bits per heavy atom. The summed E-state index contributed by atoms with van der Waals surface area (Å²) >= 11 is 0.770. The molecule has 102 valence electrons. The summed E-state index contributed by atoms with van der Waals surface area (Å²) in [5.74, 6) is -1.37. The molecule has 8 nitrogen and oxygen atoms in total. The molecular formula is C9H10N4O4S2. The first-order valence-corrected chi connectivity index (χ1v) is 7.50. The third-order valence-corrected chi connectivity index (χ3v) is 5.05. The van der Waals surface area contributed by atoms with Gasteiger partial charge in [-0.25, -0.2) is 27.9 Å².